The number of esters is 1. The molecule has 0 spiro atoms. The Kier molecular flexibility index (Phi) is 5.18. The molecule has 1 fully saturated rings. The molecule has 130 valence electrons. The number of hydrogen-bond donors (Lipinski definition) is 2. The van der Waals surface area contributed by atoms with Crippen LogP contribution in [0.3, 0.4) is 0 Å². The Hall–Kier alpha value is -3.02. The second kappa shape index (κ2) is 7.70. The molecule has 6 nitrogen and oxygen atoms in total. The average molecular weight is 339 g/mol. The van der Waals surface area contributed by atoms with E-state index in [4.69, 9.17) is 4.74 Å². The minimum absolute atomic E-state index is 0.310. The van der Waals surface area contributed by atoms with Gasteiger partial charge in [-0.25, -0.2) is 9.59 Å². The summed E-state index contributed by atoms with van der Waals surface area (Å²) in [6, 6.07) is 14.1. The molecular weight excluding hydrogens is 318 g/mol. The van der Waals surface area contributed by atoms with Crippen LogP contribution in [0, 0.1) is 0 Å². The van der Waals surface area contributed by atoms with Crippen molar-refractivity contribution in [3.63, 3.8) is 0 Å². The first-order chi connectivity index (χ1) is 12.2. The first-order valence-corrected chi connectivity index (χ1v) is 8.28. The minimum Gasteiger partial charge on any atom is -0.465 e. The SMILES string of the molecule is COC(=O)c1ccccc1NC(=O)Nc1ccc(N2CCCC2)cc1. The number of amides is 2. The summed E-state index contributed by atoms with van der Waals surface area (Å²) in [7, 11) is 1.31. The van der Waals surface area contributed by atoms with Gasteiger partial charge in [0, 0.05) is 24.5 Å². The highest BCUT2D eigenvalue weighted by atomic mass is 16.5. The number of anilines is 3. The van der Waals surface area contributed by atoms with E-state index in [9.17, 15) is 9.59 Å². The molecule has 2 amide bonds. The van der Waals surface area contributed by atoms with E-state index in [0.717, 1.165) is 13.1 Å². The molecule has 3 rings (SSSR count). The molecule has 0 bridgehead atoms. The van der Waals surface area contributed by atoms with Crippen LogP contribution < -0.4 is 15.5 Å². The number of carbonyl (C=O) groups is 2. The lowest BCUT2D eigenvalue weighted by Gasteiger charge is -2.18. The van der Waals surface area contributed by atoms with Crippen molar-refractivity contribution in [2.45, 2.75) is 12.8 Å². The minimum atomic E-state index is -0.495. The topological polar surface area (TPSA) is 70.7 Å². The van der Waals surface area contributed by atoms with Crippen LogP contribution in [0.2, 0.25) is 0 Å². The highest BCUT2D eigenvalue weighted by Gasteiger charge is 2.14. The summed E-state index contributed by atoms with van der Waals surface area (Å²) < 4.78 is 4.72. The molecule has 2 aromatic carbocycles. The maximum atomic E-state index is 12.2. The normalized spacial score (nSPS) is 13.4. The van der Waals surface area contributed by atoms with Crippen molar-refractivity contribution in [3.05, 3.63) is 54.1 Å². The van der Waals surface area contributed by atoms with Gasteiger partial charge in [-0.1, -0.05) is 12.1 Å². The number of methoxy groups -OCH3 is 1. The zero-order chi connectivity index (χ0) is 17.6. The number of para-hydroxylation sites is 1. The molecule has 1 heterocycles. The molecule has 0 unspecified atom stereocenters. The Bertz CT molecular complexity index is 753. The van der Waals surface area contributed by atoms with Gasteiger partial charge in [-0.05, 0) is 49.2 Å². The van der Waals surface area contributed by atoms with Gasteiger partial charge >= 0.3 is 12.0 Å². The summed E-state index contributed by atoms with van der Waals surface area (Å²) >= 11 is 0. The van der Waals surface area contributed by atoms with Gasteiger partial charge in [-0.2, -0.15) is 0 Å². The number of nitrogens with one attached hydrogen (secondary N) is 2. The van der Waals surface area contributed by atoms with Gasteiger partial charge < -0.3 is 20.3 Å². The van der Waals surface area contributed by atoms with E-state index in [1.54, 1.807) is 24.3 Å². The number of carbonyl (C=O) groups excluding carboxylic acids is 2. The quantitative estimate of drug-likeness (QED) is 0.833. The van der Waals surface area contributed by atoms with E-state index in [0.29, 0.717) is 16.9 Å². The van der Waals surface area contributed by atoms with E-state index in [-0.39, 0.29) is 0 Å². The molecule has 6 heteroatoms. The Morgan fingerprint density at radius 2 is 1.64 bits per heavy atom. The largest absolute Gasteiger partial charge is 0.465 e. The van der Waals surface area contributed by atoms with E-state index < -0.39 is 12.0 Å². The van der Waals surface area contributed by atoms with Crippen molar-refractivity contribution in [1.29, 1.82) is 0 Å². The summed E-state index contributed by atoms with van der Waals surface area (Å²) in [5.41, 5.74) is 2.57. The van der Waals surface area contributed by atoms with Gasteiger partial charge in [0.05, 0.1) is 18.4 Å². The van der Waals surface area contributed by atoms with Gasteiger partial charge in [-0.15, -0.1) is 0 Å². The average Bonchev–Trinajstić information content (AvgIpc) is 3.17. The molecule has 25 heavy (non-hydrogen) atoms. The number of rotatable bonds is 4. The van der Waals surface area contributed by atoms with Crippen molar-refractivity contribution < 1.29 is 14.3 Å². The predicted molar refractivity (Wildman–Crippen MR) is 98.3 cm³/mol. The van der Waals surface area contributed by atoms with Crippen molar-refractivity contribution in [1.82, 2.24) is 0 Å². The van der Waals surface area contributed by atoms with Crippen molar-refractivity contribution >= 4 is 29.1 Å². The maximum Gasteiger partial charge on any atom is 0.339 e. The molecule has 0 aliphatic carbocycles. The van der Waals surface area contributed by atoms with Crippen molar-refractivity contribution in [2.75, 3.05) is 35.7 Å². The number of hydrogen-bond acceptors (Lipinski definition) is 4. The first-order valence-electron chi connectivity index (χ1n) is 8.28. The standard InChI is InChI=1S/C19H21N3O3/c1-25-18(23)16-6-2-3-7-17(16)21-19(24)20-14-8-10-15(11-9-14)22-12-4-5-13-22/h2-3,6-11H,4-5,12-13H2,1H3,(H2,20,21,24). The summed E-state index contributed by atoms with van der Waals surface area (Å²) in [5, 5.41) is 5.45. The molecular formula is C19H21N3O3. The van der Waals surface area contributed by atoms with Crippen LogP contribution in [0.4, 0.5) is 21.9 Å². The van der Waals surface area contributed by atoms with Crippen LogP contribution in [0.15, 0.2) is 48.5 Å². The van der Waals surface area contributed by atoms with E-state index in [1.165, 1.54) is 25.6 Å². The van der Waals surface area contributed by atoms with E-state index >= 15 is 0 Å². The Morgan fingerprint density at radius 3 is 2.32 bits per heavy atom. The molecule has 0 aromatic heterocycles. The summed E-state index contributed by atoms with van der Waals surface area (Å²) in [6.07, 6.45) is 2.45. The maximum absolute atomic E-state index is 12.2. The Morgan fingerprint density at radius 1 is 0.960 bits per heavy atom. The van der Waals surface area contributed by atoms with Crippen LogP contribution in [0.5, 0.6) is 0 Å². The van der Waals surface area contributed by atoms with Crippen molar-refractivity contribution in [2.24, 2.45) is 0 Å². The lowest BCUT2D eigenvalue weighted by atomic mass is 10.2. The van der Waals surface area contributed by atoms with Crippen LogP contribution in [0.1, 0.15) is 23.2 Å². The third-order valence-electron chi connectivity index (χ3n) is 4.18. The summed E-state index contributed by atoms with van der Waals surface area (Å²) in [5.74, 6) is -0.495. The zero-order valence-corrected chi connectivity index (χ0v) is 14.1. The van der Waals surface area contributed by atoms with Crippen LogP contribution in [0.25, 0.3) is 0 Å². The third-order valence-corrected chi connectivity index (χ3v) is 4.18. The number of nitrogens with zero attached hydrogens (tertiary/aromatic N) is 1. The predicted octanol–water partition coefficient (Wildman–Crippen LogP) is 3.72. The highest BCUT2D eigenvalue weighted by Crippen LogP contribution is 2.22. The lowest BCUT2D eigenvalue weighted by molar-refractivity contribution is 0.0602. The summed E-state index contributed by atoms with van der Waals surface area (Å²) in [4.78, 5) is 26.3. The summed E-state index contributed by atoms with van der Waals surface area (Å²) in [6.45, 7) is 2.16. The van der Waals surface area contributed by atoms with Gasteiger partial charge in [-0.3, -0.25) is 0 Å². The second-order valence-electron chi connectivity index (χ2n) is 5.86. The molecule has 1 aliphatic heterocycles. The van der Waals surface area contributed by atoms with Crippen LogP contribution in [-0.4, -0.2) is 32.2 Å². The third kappa shape index (κ3) is 4.09. The fraction of sp³-hybridized carbons (Fsp3) is 0.263. The zero-order valence-electron chi connectivity index (χ0n) is 14.1. The molecule has 2 N–H and O–H groups in total. The molecule has 1 aliphatic rings. The van der Waals surface area contributed by atoms with Crippen LogP contribution >= 0.6 is 0 Å². The Labute approximate surface area is 146 Å². The molecule has 0 atom stereocenters. The lowest BCUT2D eigenvalue weighted by Crippen LogP contribution is -2.21. The van der Waals surface area contributed by atoms with Gasteiger partial charge in [0.15, 0.2) is 0 Å². The second-order valence-corrected chi connectivity index (χ2v) is 5.86. The monoisotopic (exact) mass is 339 g/mol. The van der Waals surface area contributed by atoms with Gasteiger partial charge in [0.25, 0.3) is 0 Å². The molecule has 1 saturated heterocycles. The fourth-order valence-corrected chi connectivity index (χ4v) is 2.90. The molecule has 0 radical (unpaired) electrons. The molecule has 0 saturated carbocycles. The van der Waals surface area contributed by atoms with Crippen LogP contribution in [-0.2, 0) is 4.74 Å². The van der Waals surface area contributed by atoms with Gasteiger partial charge in [0.2, 0.25) is 0 Å². The number of ether oxygens (including phenoxy) is 1. The van der Waals surface area contributed by atoms with Gasteiger partial charge in [0.1, 0.15) is 0 Å². The smallest absolute Gasteiger partial charge is 0.339 e. The Balaban J connectivity index is 1.64. The number of benzene rings is 2. The van der Waals surface area contributed by atoms with E-state index in [2.05, 4.69) is 15.5 Å². The van der Waals surface area contributed by atoms with Crippen molar-refractivity contribution in [3.8, 4) is 0 Å². The first kappa shape index (κ1) is 16.8. The highest BCUT2D eigenvalue weighted by molar-refractivity contribution is 6.05. The van der Waals surface area contributed by atoms with E-state index in [1.807, 2.05) is 24.3 Å². The molecule has 2 aromatic rings. The number of urea groups is 1. The fourth-order valence-electron chi connectivity index (χ4n) is 2.90.